The molecule has 3 heteroatoms. The van der Waals surface area contributed by atoms with Crippen LogP contribution in [0.1, 0.15) is 13.3 Å². The lowest BCUT2D eigenvalue weighted by atomic mass is 10.0. The van der Waals surface area contributed by atoms with Gasteiger partial charge >= 0.3 is 0 Å². The van der Waals surface area contributed by atoms with E-state index in [1.54, 1.807) is 12.5 Å². The second kappa shape index (κ2) is 5.70. The Morgan fingerprint density at radius 2 is 1.90 bits per heavy atom. The number of hydrogen-bond acceptors (Lipinski definition) is 3. The Morgan fingerprint density at radius 1 is 1.05 bits per heavy atom. The zero-order valence-corrected chi connectivity index (χ0v) is 11.4. The summed E-state index contributed by atoms with van der Waals surface area (Å²) in [7, 11) is 0. The molecule has 100 valence electrons. The monoisotopic (exact) mass is 264 g/mol. The average Bonchev–Trinajstić information content (AvgIpc) is 2.53. The van der Waals surface area contributed by atoms with Gasteiger partial charge in [-0.2, -0.15) is 0 Å². The third-order valence-electron chi connectivity index (χ3n) is 3.19. The Bertz CT molecular complexity index is 720. The van der Waals surface area contributed by atoms with E-state index in [0.717, 1.165) is 23.4 Å². The molecule has 1 heterocycles. The molecule has 0 saturated carbocycles. The van der Waals surface area contributed by atoms with Gasteiger partial charge in [0.2, 0.25) is 0 Å². The molecule has 0 fully saturated rings. The number of rotatable bonds is 4. The van der Waals surface area contributed by atoms with Crippen LogP contribution in [0.3, 0.4) is 0 Å². The smallest absolute Gasteiger partial charge is 0.163 e. The maximum absolute atomic E-state index is 5.76. The highest BCUT2D eigenvalue weighted by Crippen LogP contribution is 2.32. The predicted octanol–water partition coefficient (Wildman–Crippen LogP) is 4.09. The van der Waals surface area contributed by atoms with Gasteiger partial charge in [-0.25, -0.2) is 9.97 Å². The van der Waals surface area contributed by atoms with Crippen LogP contribution in [0.4, 0.5) is 0 Å². The van der Waals surface area contributed by atoms with Crippen LogP contribution in [0, 0.1) is 0 Å². The van der Waals surface area contributed by atoms with E-state index in [-0.39, 0.29) is 0 Å². The Morgan fingerprint density at radius 3 is 2.80 bits per heavy atom. The van der Waals surface area contributed by atoms with E-state index in [0.29, 0.717) is 6.61 Å². The fourth-order valence-electron chi connectivity index (χ4n) is 2.27. The van der Waals surface area contributed by atoms with Gasteiger partial charge in [0.1, 0.15) is 12.0 Å². The van der Waals surface area contributed by atoms with Gasteiger partial charge in [0.25, 0.3) is 0 Å². The molecule has 0 bridgehead atoms. The summed E-state index contributed by atoms with van der Waals surface area (Å²) in [5.74, 6) is 0.741. The Balaban J connectivity index is 2.16. The summed E-state index contributed by atoms with van der Waals surface area (Å²) in [6.45, 7) is 2.76. The van der Waals surface area contributed by atoms with Gasteiger partial charge in [-0.15, -0.1) is 0 Å². The SMILES string of the molecule is CCCOc1cncnc1-c1cccc2ccccc12. The van der Waals surface area contributed by atoms with Crippen LogP contribution in [0.2, 0.25) is 0 Å². The first-order valence-corrected chi connectivity index (χ1v) is 6.81. The van der Waals surface area contributed by atoms with Crippen molar-refractivity contribution in [1.29, 1.82) is 0 Å². The van der Waals surface area contributed by atoms with Gasteiger partial charge in [-0.05, 0) is 17.2 Å². The van der Waals surface area contributed by atoms with Crippen molar-refractivity contribution in [2.45, 2.75) is 13.3 Å². The van der Waals surface area contributed by atoms with Crippen LogP contribution in [0.25, 0.3) is 22.0 Å². The first-order chi connectivity index (χ1) is 9.90. The second-order valence-electron chi connectivity index (χ2n) is 4.61. The minimum Gasteiger partial charge on any atom is -0.490 e. The van der Waals surface area contributed by atoms with Gasteiger partial charge in [-0.1, -0.05) is 49.4 Å². The molecular formula is C17H16N2O. The van der Waals surface area contributed by atoms with Gasteiger partial charge in [0, 0.05) is 5.56 Å². The third-order valence-corrected chi connectivity index (χ3v) is 3.19. The van der Waals surface area contributed by atoms with Crippen molar-refractivity contribution < 1.29 is 4.74 Å². The number of aromatic nitrogens is 2. The normalized spacial score (nSPS) is 10.7. The maximum Gasteiger partial charge on any atom is 0.163 e. The minimum absolute atomic E-state index is 0.672. The molecule has 3 aromatic rings. The quantitative estimate of drug-likeness (QED) is 0.712. The molecule has 3 rings (SSSR count). The zero-order valence-electron chi connectivity index (χ0n) is 11.4. The van der Waals surface area contributed by atoms with E-state index in [4.69, 9.17) is 4.74 Å². The van der Waals surface area contributed by atoms with Crippen molar-refractivity contribution in [2.75, 3.05) is 6.61 Å². The molecule has 0 N–H and O–H groups in total. The Labute approximate surface area is 118 Å². The van der Waals surface area contributed by atoms with Crippen LogP contribution >= 0.6 is 0 Å². The topological polar surface area (TPSA) is 35.0 Å². The highest BCUT2D eigenvalue weighted by atomic mass is 16.5. The molecule has 0 saturated heterocycles. The molecule has 0 spiro atoms. The summed E-state index contributed by atoms with van der Waals surface area (Å²) >= 11 is 0. The second-order valence-corrected chi connectivity index (χ2v) is 4.61. The number of benzene rings is 2. The van der Waals surface area contributed by atoms with E-state index in [9.17, 15) is 0 Å². The van der Waals surface area contributed by atoms with E-state index in [2.05, 4.69) is 41.2 Å². The molecule has 20 heavy (non-hydrogen) atoms. The van der Waals surface area contributed by atoms with Crippen LogP contribution < -0.4 is 4.74 Å². The molecule has 0 aliphatic rings. The minimum atomic E-state index is 0.672. The maximum atomic E-state index is 5.76. The molecule has 0 atom stereocenters. The van der Waals surface area contributed by atoms with Gasteiger partial charge in [0.15, 0.2) is 5.75 Å². The van der Waals surface area contributed by atoms with Gasteiger partial charge in [0.05, 0.1) is 12.8 Å². The number of hydrogen-bond donors (Lipinski definition) is 0. The molecule has 0 amide bonds. The first kappa shape index (κ1) is 12.6. The number of ether oxygens (including phenoxy) is 1. The summed E-state index contributed by atoms with van der Waals surface area (Å²) < 4.78 is 5.76. The van der Waals surface area contributed by atoms with Crippen LogP contribution in [0.5, 0.6) is 5.75 Å². The van der Waals surface area contributed by atoms with E-state index in [1.165, 1.54) is 10.8 Å². The number of fused-ring (bicyclic) bond motifs is 1. The summed E-state index contributed by atoms with van der Waals surface area (Å²) in [6.07, 6.45) is 4.26. The summed E-state index contributed by atoms with van der Waals surface area (Å²) in [4.78, 5) is 8.48. The van der Waals surface area contributed by atoms with Crippen molar-refractivity contribution in [3.05, 3.63) is 55.0 Å². The lowest BCUT2D eigenvalue weighted by Gasteiger charge is -2.11. The van der Waals surface area contributed by atoms with Crippen LogP contribution in [-0.4, -0.2) is 16.6 Å². The van der Waals surface area contributed by atoms with Crippen molar-refractivity contribution in [3.8, 4) is 17.0 Å². The van der Waals surface area contributed by atoms with Crippen molar-refractivity contribution in [2.24, 2.45) is 0 Å². The molecular weight excluding hydrogens is 248 g/mol. The fraction of sp³-hybridized carbons (Fsp3) is 0.176. The average molecular weight is 264 g/mol. The Kier molecular flexibility index (Phi) is 3.59. The van der Waals surface area contributed by atoms with Crippen LogP contribution in [0.15, 0.2) is 55.0 Å². The Hall–Kier alpha value is -2.42. The van der Waals surface area contributed by atoms with E-state index in [1.807, 2.05) is 18.2 Å². The first-order valence-electron chi connectivity index (χ1n) is 6.81. The predicted molar refractivity (Wildman–Crippen MR) is 80.8 cm³/mol. The van der Waals surface area contributed by atoms with Crippen molar-refractivity contribution in [3.63, 3.8) is 0 Å². The molecule has 2 aromatic carbocycles. The van der Waals surface area contributed by atoms with Gasteiger partial charge < -0.3 is 4.74 Å². The van der Waals surface area contributed by atoms with Gasteiger partial charge in [-0.3, -0.25) is 0 Å². The van der Waals surface area contributed by atoms with E-state index >= 15 is 0 Å². The molecule has 0 aliphatic heterocycles. The molecule has 0 radical (unpaired) electrons. The van der Waals surface area contributed by atoms with Crippen LogP contribution in [-0.2, 0) is 0 Å². The largest absolute Gasteiger partial charge is 0.490 e. The molecule has 1 aromatic heterocycles. The molecule has 3 nitrogen and oxygen atoms in total. The van der Waals surface area contributed by atoms with E-state index < -0.39 is 0 Å². The third kappa shape index (κ3) is 2.35. The highest BCUT2D eigenvalue weighted by Gasteiger charge is 2.10. The number of nitrogens with zero attached hydrogens (tertiary/aromatic N) is 2. The summed E-state index contributed by atoms with van der Waals surface area (Å²) in [5, 5.41) is 2.38. The summed E-state index contributed by atoms with van der Waals surface area (Å²) in [6, 6.07) is 14.5. The zero-order chi connectivity index (χ0) is 13.8. The highest BCUT2D eigenvalue weighted by molar-refractivity contribution is 5.96. The van der Waals surface area contributed by atoms with Crippen molar-refractivity contribution in [1.82, 2.24) is 9.97 Å². The fourth-order valence-corrected chi connectivity index (χ4v) is 2.27. The lowest BCUT2D eigenvalue weighted by molar-refractivity contribution is 0.316. The standard InChI is InChI=1S/C17H16N2O/c1-2-10-20-16-11-18-12-19-17(16)15-9-5-7-13-6-3-4-8-14(13)15/h3-9,11-12H,2,10H2,1H3. The summed E-state index contributed by atoms with van der Waals surface area (Å²) in [5.41, 5.74) is 1.93. The van der Waals surface area contributed by atoms with Crippen molar-refractivity contribution >= 4 is 10.8 Å². The lowest BCUT2D eigenvalue weighted by Crippen LogP contribution is -1.99. The molecule has 0 unspecified atom stereocenters. The molecule has 0 aliphatic carbocycles.